The highest BCUT2D eigenvalue weighted by Crippen LogP contribution is 2.35. The van der Waals surface area contributed by atoms with Crippen LogP contribution in [0.25, 0.3) is 11.3 Å². The summed E-state index contributed by atoms with van der Waals surface area (Å²) in [5.41, 5.74) is 7.85. The van der Waals surface area contributed by atoms with Crippen molar-refractivity contribution in [2.45, 2.75) is 38.1 Å². The highest BCUT2D eigenvalue weighted by atomic mass is 35.5. The van der Waals surface area contributed by atoms with Crippen molar-refractivity contribution < 1.29 is 14.3 Å². The molecule has 0 saturated carbocycles. The van der Waals surface area contributed by atoms with Crippen molar-refractivity contribution in [3.05, 3.63) is 76.7 Å². The number of hydrogen-bond acceptors (Lipinski definition) is 6. The summed E-state index contributed by atoms with van der Waals surface area (Å²) >= 11 is 6.41. The highest BCUT2D eigenvalue weighted by Gasteiger charge is 2.28. The number of amides is 2. The van der Waals surface area contributed by atoms with E-state index in [9.17, 15) is 9.59 Å². The lowest BCUT2D eigenvalue weighted by atomic mass is 10.1. The summed E-state index contributed by atoms with van der Waals surface area (Å²) < 4.78 is 7.49. The van der Waals surface area contributed by atoms with E-state index in [1.807, 2.05) is 39.9 Å². The molecule has 3 aromatic rings. The quantitative estimate of drug-likeness (QED) is 0.310. The number of nitrogens with one attached hydrogen (secondary N) is 2. The predicted octanol–water partition coefficient (Wildman–Crippen LogP) is 4.37. The van der Waals surface area contributed by atoms with E-state index in [0.717, 1.165) is 49.4 Å². The van der Waals surface area contributed by atoms with Gasteiger partial charge in [0.2, 0.25) is 5.91 Å². The minimum Gasteiger partial charge on any atom is -0.493 e. The van der Waals surface area contributed by atoms with Crippen LogP contribution in [-0.4, -0.2) is 77.1 Å². The third kappa shape index (κ3) is 6.12. The fraction of sp³-hybridized carbons (Fsp3) is 0.364. The van der Waals surface area contributed by atoms with E-state index in [4.69, 9.17) is 16.3 Å². The monoisotopic (exact) mass is 598 g/mol. The first kappa shape index (κ1) is 28.8. The number of rotatable bonds is 7. The van der Waals surface area contributed by atoms with Crippen LogP contribution in [-0.2, 0) is 11.2 Å². The molecular weight excluding hydrogens is 564 g/mol. The summed E-state index contributed by atoms with van der Waals surface area (Å²) in [6.07, 6.45) is 12.0. The van der Waals surface area contributed by atoms with Crippen molar-refractivity contribution in [2.24, 2.45) is 0 Å². The Hall–Kier alpha value is -4.26. The minimum atomic E-state index is -0.170. The number of ether oxygens (including phenoxy) is 1. The zero-order valence-electron chi connectivity index (χ0n) is 24.2. The lowest BCUT2D eigenvalue weighted by molar-refractivity contribution is -0.125. The summed E-state index contributed by atoms with van der Waals surface area (Å²) in [6.45, 7) is 4.24. The van der Waals surface area contributed by atoms with Crippen LogP contribution in [0.2, 0.25) is 5.02 Å². The number of anilines is 1. The smallest absolute Gasteiger partial charge is 0.253 e. The molecule has 2 aromatic heterocycles. The molecule has 5 heterocycles. The molecule has 3 aliphatic rings. The van der Waals surface area contributed by atoms with Gasteiger partial charge in [0, 0.05) is 50.1 Å². The number of aromatic nitrogens is 2. The molecule has 43 heavy (non-hydrogen) atoms. The van der Waals surface area contributed by atoms with Gasteiger partial charge in [-0.05, 0) is 63.0 Å². The van der Waals surface area contributed by atoms with E-state index in [2.05, 4.69) is 32.5 Å². The number of halogens is 1. The third-order valence-electron chi connectivity index (χ3n) is 8.23. The topological polar surface area (TPSA) is 91.7 Å². The molecule has 3 aliphatic heterocycles. The maximum Gasteiger partial charge on any atom is 0.253 e. The van der Waals surface area contributed by atoms with Crippen LogP contribution in [0, 0.1) is 11.8 Å². The number of carbonyl (C=O) groups excluding carboxylic acids is 2. The zero-order chi connectivity index (χ0) is 29.8. The van der Waals surface area contributed by atoms with Crippen molar-refractivity contribution >= 4 is 29.1 Å². The molecule has 10 heteroatoms. The molecule has 0 bridgehead atoms. The number of pyridine rings is 1. The van der Waals surface area contributed by atoms with Gasteiger partial charge in [-0.2, -0.15) is 0 Å². The van der Waals surface area contributed by atoms with E-state index in [-0.39, 0.29) is 17.9 Å². The average molecular weight is 599 g/mol. The fourth-order valence-corrected chi connectivity index (χ4v) is 6.31. The molecular formula is C33H35ClN6O3. The van der Waals surface area contributed by atoms with Crippen LogP contribution in [0.5, 0.6) is 5.75 Å². The van der Waals surface area contributed by atoms with E-state index in [0.29, 0.717) is 47.1 Å². The van der Waals surface area contributed by atoms with Crippen LogP contribution < -0.4 is 15.5 Å². The lowest BCUT2D eigenvalue weighted by Crippen LogP contribution is -2.33. The Morgan fingerprint density at radius 1 is 1.21 bits per heavy atom. The molecule has 0 radical (unpaired) electrons. The van der Waals surface area contributed by atoms with Gasteiger partial charge >= 0.3 is 0 Å². The van der Waals surface area contributed by atoms with Gasteiger partial charge in [-0.3, -0.25) is 29.6 Å². The molecule has 9 nitrogen and oxygen atoms in total. The van der Waals surface area contributed by atoms with E-state index in [1.54, 1.807) is 31.6 Å². The number of fused-ring (bicyclic) bond motifs is 1. The van der Waals surface area contributed by atoms with Gasteiger partial charge in [-0.1, -0.05) is 35.6 Å². The van der Waals surface area contributed by atoms with Gasteiger partial charge in [0.25, 0.3) is 5.91 Å². The highest BCUT2D eigenvalue weighted by molar-refractivity contribution is 6.32. The van der Waals surface area contributed by atoms with Crippen LogP contribution in [0.1, 0.15) is 47.3 Å². The maximum atomic E-state index is 13.0. The van der Waals surface area contributed by atoms with Crippen LogP contribution >= 0.6 is 11.6 Å². The van der Waals surface area contributed by atoms with Crippen LogP contribution in [0.4, 0.5) is 5.69 Å². The Labute approximate surface area is 256 Å². The van der Waals surface area contributed by atoms with Gasteiger partial charge in [-0.15, -0.1) is 0 Å². The first-order valence-corrected chi connectivity index (χ1v) is 15.2. The number of methoxy groups -OCH3 is 1. The second kappa shape index (κ2) is 12.9. The summed E-state index contributed by atoms with van der Waals surface area (Å²) in [7, 11) is 1.57. The molecule has 6 rings (SSSR count). The van der Waals surface area contributed by atoms with Crippen molar-refractivity contribution in [2.75, 3.05) is 45.3 Å². The molecule has 0 aliphatic carbocycles. The first-order chi connectivity index (χ1) is 21.0. The fourth-order valence-electron chi connectivity index (χ4n) is 6.06. The minimum absolute atomic E-state index is 0.00893. The van der Waals surface area contributed by atoms with E-state index >= 15 is 0 Å². The second-order valence-electron chi connectivity index (χ2n) is 11.0. The standard InChI is InChI=1S/C33H35ClN6O3/c1-43-32-27(34)8-4-9-28(32)37-40-29-14-16-36-33(42)26(29)21-30(40)25-13-15-35-22-23(25)11-12-24-7-5-20-39(24)31(41)10-6-19-38-17-2-3-18-38/h4,6,8-10,13,15,21-22,24,37H,2-3,5,7,14,16-20H2,1H3,(H,36,42)/b10-6+/t24-/m1/s1. The largest absolute Gasteiger partial charge is 0.493 e. The number of para-hydroxylation sites is 1. The van der Waals surface area contributed by atoms with Crippen molar-refractivity contribution in [3.8, 4) is 28.8 Å². The Morgan fingerprint density at radius 2 is 2.07 bits per heavy atom. The number of benzene rings is 1. The number of carbonyl (C=O) groups is 2. The second-order valence-corrected chi connectivity index (χ2v) is 11.4. The Morgan fingerprint density at radius 3 is 2.91 bits per heavy atom. The maximum absolute atomic E-state index is 13.0. The Kier molecular flexibility index (Phi) is 8.68. The van der Waals surface area contributed by atoms with Gasteiger partial charge in [0.15, 0.2) is 5.75 Å². The Bertz CT molecular complexity index is 1610. The number of likely N-dealkylation sites (tertiary alicyclic amines) is 2. The van der Waals surface area contributed by atoms with Gasteiger partial charge in [0.05, 0.1) is 46.4 Å². The molecule has 2 fully saturated rings. The van der Waals surface area contributed by atoms with Gasteiger partial charge in [0.1, 0.15) is 0 Å². The summed E-state index contributed by atoms with van der Waals surface area (Å²) in [6, 6.07) is 9.09. The van der Waals surface area contributed by atoms with Crippen LogP contribution in [0.15, 0.2) is 54.9 Å². The SMILES string of the molecule is COc1c(Cl)cccc1Nn1c(-c2ccncc2C#C[C@H]2CCCN2C(=O)/C=C/CN2CCCC2)cc2c1CCNC2=O. The number of nitrogens with zero attached hydrogens (tertiary/aromatic N) is 4. The molecule has 2 saturated heterocycles. The van der Waals surface area contributed by atoms with Gasteiger partial charge in [-0.25, -0.2) is 0 Å². The predicted molar refractivity (Wildman–Crippen MR) is 167 cm³/mol. The normalized spacial score (nSPS) is 18.3. The van der Waals surface area contributed by atoms with Crippen molar-refractivity contribution in [3.63, 3.8) is 0 Å². The molecule has 0 unspecified atom stereocenters. The zero-order valence-corrected chi connectivity index (χ0v) is 25.0. The van der Waals surface area contributed by atoms with E-state index < -0.39 is 0 Å². The first-order valence-electron chi connectivity index (χ1n) is 14.8. The van der Waals surface area contributed by atoms with Crippen molar-refractivity contribution in [1.29, 1.82) is 0 Å². The molecule has 1 aromatic carbocycles. The summed E-state index contributed by atoms with van der Waals surface area (Å²) in [5, 5.41) is 3.41. The number of hydrogen-bond donors (Lipinski definition) is 2. The molecule has 1 atom stereocenters. The molecule has 222 valence electrons. The summed E-state index contributed by atoms with van der Waals surface area (Å²) in [4.78, 5) is 34.5. The van der Waals surface area contributed by atoms with Gasteiger partial charge < -0.3 is 15.0 Å². The third-order valence-corrected chi connectivity index (χ3v) is 8.52. The lowest BCUT2D eigenvalue weighted by Gasteiger charge is -2.21. The van der Waals surface area contributed by atoms with Crippen LogP contribution in [0.3, 0.4) is 0 Å². The Balaban J connectivity index is 1.31. The van der Waals surface area contributed by atoms with Crippen molar-refractivity contribution in [1.82, 2.24) is 24.8 Å². The van der Waals surface area contributed by atoms with E-state index in [1.165, 1.54) is 12.8 Å². The molecule has 0 spiro atoms. The summed E-state index contributed by atoms with van der Waals surface area (Å²) in [5.74, 6) is 7.08. The molecule has 2 N–H and O–H groups in total. The molecule has 2 amide bonds. The average Bonchev–Trinajstić information content (AvgIpc) is 3.78.